The summed E-state index contributed by atoms with van der Waals surface area (Å²) < 4.78 is 1.97. The van der Waals surface area contributed by atoms with Gasteiger partial charge in [-0.25, -0.2) is 4.98 Å². The molecule has 0 radical (unpaired) electrons. The zero-order valence-electron chi connectivity index (χ0n) is 14.5. The molecule has 0 fully saturated rings. The lowest BCUT2D eigenvalue weighted by molar-refractivity contribution is -0.384. The molecule has 0 unspecified atom stereocenters. The first-order valence-corrected chi connectivity index (χ1v) is 8.67. The topological polar surface area (TPSA) is 85.3 Å². The van der Waals surface area contributed by atoms with Crippen molar-refractivity contribution in [3.05, 3.63) is 79.7 Å². The molecule has 7 nitrogen and oxygen atoms in total. The van der Waals surface area contributed by atoms with E-state index in [1.807, 2.05) is 24.5 Å². The van der Waals surface area contributed by atoms with Crippen LogP contribution < -0.4 is 5.43 Å². The molecule has 0 spiro atoms. The van der Waals surface area contributed by atoms with Crippen molar-refractivity contribution in [3.8, 4) is 5.69 Å². The van der Waals surface area contributed by atoms with Gasteiger partial charge in [-0.2, -0.15) is 5.10 Å². The van der Waals surface area contributed by atoms with Crippen molar-refractivity contribution in [2.24, 2.45) is 5.10 Å². The van der Waals surface area contributed by atoms with Gasteiger partial charge in [0.05, 0.1) is 21.8 Å². The minimum Gasteiger partial charge on any atom is -0.316 e. The van der Waals surface area contributed by atoms with Crippen molar-refractivity contribution in [1.82, 2.24) is 9.55 Å². The number of nitrogens with one attached hydrogen (secondary N) is 1. The second-order valence-corrected chi connectivity index (χ2v) is 6.60. The molecule has 0 aliphatic rings. The molecule has 0 saturated carbocycles. The summed E-state index contributed by atoms with van der Waals surface area (Å²) in [4.78, 5) is 14.4. The zero-order chi connectivity index (χ0) is 19.6. The van der Waals surface area contributed by atoms with Crippen LogP contribution in [0.5, 0.6) is 0 Å². The number of aromatic nitrogens is 2. The van der Waals surface area contributed by atoms with Gasteiger partial charge in [0, 0.05) is 34.2 Å². The van der Waals surface area contributed by atoms with Gasteiger partial charge in [-0.1, -0.05) is 23.2 Å². The van der Waals surface area contributed by atoms with Crippen molar-refractivity contribution < 1.29 is 4.92 Å². The van der Waals surface area contributed by atoms with E-state index in [0.717, 1.165) is 22.6 Å². The lowest BCUT2D eigenvalue weighted by Gasteiger charge is -2.12. The number of pyridine rings is 1. The fourth-order valence-corrected chi connectivity index (χ4v) is 3.11. The van der Waals surface area contributed by atoms with Gasteiger partial charge in [0.25, 0.3) is 0 Å². The molecule has 138 valence electrons. The summed E-state index contributed by atoms with van der Waals surface area (Å²) in [6, 6.07) is 10.1. The Morgan fingerprint density at radius 1 is 1.26 bits per heavy atom. The van der Waals surface area contributed by atoms with Crippen molar-refractivity contribution >= 4 is 40.9 Å². The Hall–Kier alpha value is -2.90. The predicted octanol–water partition coefficient (Wildman–Crippen LogP) is 5.15. The van der Waals surface area contributed by atoms with Gasteiger partial charge < -0.3 is 4.57 Å². The second-order valence-electron chi connectivity index (χ2n) is 5.76. The molecule has 0 aliphatic heterocycles. The Balaban J connectivity index is 1.91. The van der Waals surface area contributed by atoms with Gasteiger partial charge in [0.1, 0.15) is 0 Å². The summed E-state index contributed by atoms with van der Waals surface area (Å²) in [5.41, 5.74) is 5.92. The number of hydrogen-bond donors (Lipinski definition) is 1. The average molecular weight is 404 g/mol. The third kappa shape index (κ3) is 3.94. The van der Waals surface area contributed by atoms with Crippen LogP contribution in [0.25, 0.3) is 5.69 Å². The number of benzene rings is 1. The lowest BCUT2D eigenvalue weighted by atomic mass is 10.2. The Kier molecular flexibility index (Phi) is 5.43. The van der Waals surface area contributed by atoms with Crippen LogP contribution in [0.15, 0.2) is 47.7 Å². The molecule has 1 N–H and O–H groups in total. The molecule has 3 aromatic rings. The van der Waals surface area contributed by atoms with Crippen LogP contribution in [0.1, 0.15) is 17.0 Å². The number of hydrogen-bond acceptors (Lipinski definition) is 5. The fraction of sp³-hybridized carbons (Fsp3) is 0.111. The van der Waals surface area contributed by atoms with Gasteiger partial charge in [-0.05, 0) is 44.2 Å². The number of rotatable bonds is 5. The SMILES string of the molecule is Cc1cc(/C=N\Nc2ncccc2[N+](=O)[O-])c(C)n1-c1cc(Cl)ccc1Cl. The van der Waals surface area contributed by atoms with E-state index in [2.05, 4.69) is 15.5 Å². The summed E-state index contributed by atoms with van der Waals surface area (Å²) in [7, 11) is 0. The number of aryl methyl sites for hydroxylation is 1. The largest absolute Gasteiger partial charge is 0.316 e. The zero-order valence-corrected chi connectivity index (χ0v) is 16.0. The summed E-state index contributed by atoms with van der Waals surface area (Å²) in [5, 5.41) is 16.3. The summed E-state index contributed by atoms with van der Waals surface area (Å²) in [6.07, 6.45) is 3.04. The van der Waals surface area contributed by atoms with Crippen molar-refractivity contribution in [2.75, 3.05) is 5.43 Å². The highest BCUT2D eigenvalue weighted by Gasteiger charge is 2.14. The minimum absolute atomic E-state index is 0.0745. The molecule has 3 rings (SSSR count). The Bertz CT molecular complexity index is 1050. The van der Waals surface area contributed by atoms with Crippen molar-refractivity contribution in [3.63, 3.8) is 0 Å². The molecule has 2 aromatic heterocycles. The van der Waals surface area contributed by atoms with Crippen LogP contribution in [0.4, 0.5) is 11.5 Å². The maximum absolute atomic E-state index is 11.0. The summed E-state index contributed by atoms with van der Waals surface area (Å²) in [6.45, 7) is 3.87. The standard InChI is InChI=1S/C18H15Cl2N5O2/c1-11-8-13(10-22-23-18-16(25(26)27)4-3-7-21-18)12(2)24(11)17-9-14(19)5-6-15(17)20/h3-10H,1-2H3,(H,21,23)/b22-10-. The monoisotopic (exact) mass is 403 g/mol. The predicted molar refractivity (Wildman–Crippen MR) is 107 cm³/mol. The van der Waals surface area contributed by atoms with E-state index in [-0.39, 0.29) is 11.5 Å². The third-order valence-corrected chi connectivity index (χ3v) is 4.53. The number of nitro groups is 1. The molecular formula is C18H15Cl2N5O2. The van der Waals surface area contributed by atoms with Crippen LogP contribution >= 0.6 is 23.2 Å². The van der Waals surface area contributed by atoms with E-state index in [4.69, 9.17) is 23.2 Å². The summed E-state index contributed by atoms with van der Waals surface area (Å²) in [5.74, 6) is 0.0745. The van der Waals surface area contributed by atoms with Crippen LogP contribution in [0.3, 0.4) is 0 Å². The number of halogens is 2. The van der Waals surface area contributed by atoms with Crippen LogP contribution in [-0.4, -0.2) is 20.7 Å². The summed E-state index contributed by atoms with van der Waals surface area (Å²) >= 11 is 12.4. The van der Waals surface area contributed by atoms with E-state index in [1.54, 1.807) is 24.4 Å². The maximum Gasteiger partial charge on any atom is 0.313 e. The molecule has 0 saturated heterocycles. The van der Waals surface area contributed by atoms with Crippen molar-refractivity contribution in [2.45, 2.75) is 13.8 Å². The van der Waals surface area contributed by atoms with Crippen molar-refractivity contribution in [1.29, 1.82) is 0 Å². The minimum atomic E-state index is -0.516. The first kappa shape index (κ1) is 18.9. The Morgan fingerprint density at radius 3 is 2.78 bits per heavy atom. The average Bonchev–Trinajstić information content (AvgIpc) is 2.91. The van der Waals surface area contributed by atoms with E-state index in [9.17, 15) is 10.1 Å². The molecule has 0 amide bonds. The quantitative estimate of drug-likeness (QED) is 0.362. The smallest absolute Gasteiger partial charge is 0.313 e. The van der Waals surface area contributed by atoms with E-state index < -0.39 is 4.92 Å². The van der Waals surface area contributed by atoms with E-state index in [0.29, 0.717) is 10.0 Å². The van der Waals surface area contributed by atoms with Gasteiger partial charge in [-0.3, -0.25) is 15.5 Å². The van der Waals surface area contributed by atoms with E-state index >= 15 is 0 Å². The van der Waals surface area contributed by atoms with Gasteiger partial charge in [0.2, 0.25) is 5.82 Å². The molecular weight excluding hydrogens is 389 g/mol. The molecule has 27 heavy (non-hydrogen) atoms. The maximum atomic E-state index is 11.0. The lowest BCUT2D eigenvalue weighted by Crippen LogP contribution is -2.01. The molecule has 0 aliphatic carbocycles. The van der Waals surface area contributed by atoms with Crippen LogP contribution in [0.2, 0.25) is 10.0 Å². The van der Waals surface area contributed by atoms with Gasteiger partial charge in [0.15, 0.2) is 0 Å². The molecule has 2 heterocycles. The number of nitrogens with zero attached hydrogens (tertiary/aromatic N) is 4. The Labute approximate surface area is 165 Å². The first-order chi connectivity index (χ1) is 12.9. The van der Waals surface area contributed by atoms with Gasteiger partial charge in [-0.15, -0.1) is 0 Å². The fourth-order valence-electron chi connectivity index (χ4n) is 2.74. The Morgan fingerprint density at radius 2 is 2.04 bits per heavy atom. The highest BCUT2D eigenvalue weighted by Crippen LogP contribution is 2.28. The number of hydrazone groups is 1. The number of anilines is 1. The normalized spacial score (nSPS) is 11.1. The molecule has 9 heteroatoms. The highest BCUT2D eigenvalue weighted by atomic mass is 35.5. The second kappa shape index (κ2) is 7.77. The first-order valence-electron chi connectivity index (χ1n) is 7.91. The molecule has 0 atom stereocenters. The third-order valence-electron chi connectivity index (χ3n) is 3.98. The molecule has 1 aromatic carbocycles. The van der Waals surface area contributed by atoms with Gasteiger partial charge >= 0.3 is 5.69 Å². The van der Waals surface area contributed by atoms with E-state index in [1.165, 1.54) is 18.3 Å². The van der Waals surface area contributed by atoms with Crippen LogP contribution in [-0.2, 0) is 0 Å². The van der Waals surface area contributed by atoms with Crippen LogP contribution in [0, 0.1) is 24.0 Å². The molecule has 0 bridgehead atoms. The highest BCUT2D eigenvalue weighted by molar-refractivity contribution is 6.34.